The Bertz CT molecular complexity index is 1270. The normalized spacial score (nSPS) is 11.0. The molecule has 3 rings (SSSR count). The van der Waals surface area contributed by atoms with Gasteiger partial charge in [0, 0.05) is 12.7 Å². The molecule has 0 aliphatic carbocycles. The SMILES string of the molecule is C=CCNC(=O)/C(C#N)=C/c1c(Oc2ccccc2F)nc2c(C)cccn2c1=O. The molecule has 30 heavy (non-hydrogen) atoms. The number of aromatic nitrogens is 2. The standard InChI is InChI=1S/C22H17FN4O3/c1-3-10-25-20(28)15(13-24)12-16-21(30-18-9-5-4-8-17(18)23)26-19-14(2)7-6-11-27(19)22(16)29/h3-9,11-12H,1,10H2,2H3,(H,25,28)/b15-12+. The molecular formula is C22H17FN4O3. The lowest BCUT2D eigenvalue weighted by molar-refractivity contribution is -0.116. The zero-order valence-electron chi connectivity index (χ0n) is 16.1. The van der Waals surface area contributed by atoms with Gasteiger partial charge < -0.3 is 10.1 Å². The number of hydrogen-bond donors (Lipinski definition) is 1. The first kappa shape index (κ1) is 20.5. The van der Waals surface area contributed by atoms with E-state index in [2.05, 4.69) is 16.9 Å². The summed E-state index contributed by atoms with van der Waals surface area (Å²) in [6, 6.07) is 10.8. The van der Waals surface area contributed by atoms with Crippen molar-refractivity contribution in [2.24, 2.45) is 0 Å². The highest BCUT2D eigenvalue weighted by Gasteiger charge is 2.18. The first-order valence-electron chi connectivity index (χ1n) is 8.91. The second-order valence-electron chi connectivity index (χ2n) is 6.22. The van der Waals surface area contributed by atoms with Gasteiger partial charge in [0.15, 0.2) is 11.6 Å². The van der Waals surface area contributed by atoms with Crippen molar-refractivity contribution >= 4 is 17.6 Å². The second-order valence-corrected chi connectivity index (χ2v) is 6.22. The summed E-state index contributed by atoms with van der Waals surface area (Å²) in [4.78, 5) is 29.7. The molecule has 0 atom stereocenters. The van der Waals surface area contributed by atoms with Crippen LogP contribution in [0.5, 0.6) is 11.6 Å². The van der Waals surface area contributed by atoms with Crippen molar-refractivity contribution in [2.75, 3.05) is 6.54 Å². The van der Waals surface area contributed by atoms with Crippen molar-refractivity contribution in [1.29, 1.82) is 5.26 Å². The number of ether oxygens (including phenoxy) is 1. The maximum Gasteiger partial charge on any atom is 0.269 e. The summed E-state index contributed by atoms with van der Waals surface area (Å²) < 4.78 is 21.0. The molecule has 0 aliphatic heterocycles. The summed E-state index contributed by atoms with van der Waals surface area (Å²) in [6.07, 6.45) is 4.04. The number of benzene rings is 1. The highest BCUT2D eigenvalue weighted by atomic mass is 19.1. The molecule has 8 heteroatoms. The number of aryl methyl sites for hydroxylation is 1. The summed E-state index contributed by atoms with van der Waals surface area (Å²) in [7, 11) is 0. The van der Waals surface area contributed by atoms with Crippen LogP contribution >= 0.6 is 0 Å². The quantitative estimate of drug-likeness (QED) is 0.387. The number of rotatable bonds is 6. The molecule has 2 aromatic heterocycles. The number of halogens is 1. The minimum atomic E-state index is -0.692. The number of nitrogens with zero attached hydrogens (tertiary/aromatic N) is 3. The lowest BCUT2D eigenvalue weighted by atomic mass is 10.1. The third kappa shape index (κ3) is 4.10. The molecular weight excluding hydrogens is 387 g/mol. The number of carbonyl (C=O) groups excluding carboxylic acids is 1. The summed E-state index contributed by atoms with van der Waals surface area (Å²) in [5, 5.41) is 11.9. The minimum absolute atomic E-state index is 0.143. The molecule has 0 saturated carbocycles. The molecule has 2 heterocycles. The van der Waals surface area contributed by atoms with Gasteiger partial charge in [0.2, 0.25) is 5.88 Å². The van der Waals surface area contributed by atoms with Crippen LogP contribution in [-0.4, -0.2) is 21.8 Å². The van der Waals surface area contributed by atoms with Crippen LogP contribution in [0.2, 0.25) is 0 Å². The van der Waals surface area contributed by atoms with Crippen LogP contribution in [0.3, 0.4) is 0 Å². The highest BCUT2D eigenvalue weighted by Crippen LogP contribution is 2.26. The Balaban J connectivity index is 2.24. The number of para-hydroxylation sites is 1. The summed E-state index contributed by atoms with van der Waals surface area (Å²) in [5.41, 5.74) is -0.0685. The summed E-state index contributed by atoms with van der Waals surface area (Å²) in [6.45, 7) is 5.39. The molecule has 1 aromatic carbocycles. The molecule has 7 nitrogen and oxygen atoms in total. The fraction of sp³-hybridized carbons (Fsp3) is 0.0909. The van der Waals surface area contributed by atoms with Gasteiger partial charge in [-0.2, -0.15) is 10.2 Å². The molecule has 0 unspecified atom stereocenters. The fourth-order valence-corrected chi connectivity index (χ4v) is 2.68. The van der Waals surface area contributed by atoms with Crippen LogP contribution in [-0.2, 0) is 4.79 Å². The Labute approximate surface area is 171 Å². The van der Waals surface area contributed by atoms with Crippen LogP contribution in [0, 0.1) is 24.1 Å². The molecule has 1 N–H and O–H groups in total. The van der Waals surface area contributed by atoms with E-state index < -0.39 is 17.3 Å². The number of amides is 1. The van der Waals surface area contributed by atoms with E-state index in [0.717, 1.165) is 6.08 Å². The maximum atomic E-state index is 14.1. The van der Waals surface area contributed by atoms with E-state index in [4.69, 9.17) is 4.74 Å². The third-order valence-electron chi connectivity index (χ3n) is 4.15. The van der Waals surface area contributed by atoms with Gasteiger partial charge in [-0.25, -0.2) is 4.39 Å². The lowest BCUT2D eigenvalue weighted by Gasteiger charge is -2.12. The fourth-order valence-electron chi connectivity index (χ4n) is 2.68. The van der Waals surface area contributed by atoms with Gasteiger partial charge >= 0.3 is 0 Å². The third-order valence-corrected chi connectivity index (χ3v) is 4.15. The molecule has 0 saturated heterocycles. The van der Waals surface area contributed by atoms with E-state index >= 15 is 0 Å². The van der Waals surface area contributed by atoms with E-state index in [1.54, 1.807) is 31.2 Å². The Morgan fingerprint density at radius 3 is 2.83 bits per heavy atom. The van der Waals surface area contributed by atoms with Gasteiger partial charge in [-0.1, -0.05) is 24.3 Å². The van der Waals surface area contributed by atoms with Crippen molar-refractivity contribution < 1.29 is 13.9 Å². The minimum Gasteiger partial charge on any atom is -0.435 e. The molecule has 0 fully saturated rings. The predicted octanol–water partition coefficient (Wildman–Crippen LogP) is 3.14. The largest absolute Gasteiger partial charge is 0.435 e. The summed E-state index contributed by atoms with van der Waals surface area (Å²) >= 11 is 0. The molecule has 150 valence electrons. The van der Waals surface area contributed by atoms with Crippen LogP contribution in [0.4, 0.5) is 4.39 Å². The Morgan fingerprint density at radius 2 is 2.13 bits per heavy atom. The van der Waals surface area contributed by atoms with Crippen molar-refractivity contribution in [2.45, 2.75) is 6.92 Å². The number of fused-ring (bicyclic) bond motifs is 1. The van der Waals surface area contributed by atoms with Gasteiger partial charge in [0.1, 0.15) is 22.9 Å². The highest BCUT2D eigenvalue weighted by molar-refractivity contribution is 6.02. The van der Waals surface area contributed by atoms with Crippen molar-refractivity contribution in [3.05, 3.63) is 88.1 Å². The van der Waals surface area contributed by atoms with Crippen LogP contribution < -0.4 is 15.6 Å². The molecule has 0 aliphatic rings. The van der Waals surface area contributed by atoms with E-state index in [9.17, 15) is 19.2 Å². The zero-order valence-corrected chi connectivity index (χ0v) is 16.1. The number of nitrogens with one attached hydrogen (secondary N) is 1. The molecule has 3 aromatic rings. The topological polar surface area (TPSA) is 96.5 Å². The average Bonchev–Trinajstić information content (AvgIpc) is 2.74. The zero-order chi connectivity index (χ0) is 21.7. The van der Waals surface area contributed by atoms with Crippen LogP contribution in [0.15, 0.2) is 65.6 Å². The average molecular weight is 404 g/mol. The predicted molar refractivity (Wildman–Crippen MR) is 109 cm³/mol. The van der Waals surface area contributed by atoms with Gasteiger partial charge in [-0.3, -0.25) is 14.0 Å². The molecule has 1 amide bonds. The Morgan fingerprint density at radius 1 is 1.37 bits per heavy atom. The number of pyridine rings is 1. The van der Waals surface area contributed by atoms with Gasteiger partial charge in [-0.15, -0.1) is 6.58 Å². The summed E-state index contributed by atoms with van der Waals surface area (Å²) in [5.74, 6) is -1.71. The second kappa shape index (κ2) is 8.84. The Hall–Kier alpha value is -4.25. The van der Waals surface area contributed by atoms with Crippen molar-refractivity contribution in [3.63, 3.8) is 0 Å². The van der Waals surface area contributed by atoms with Crippen molar-refractivity contribution in [3.8, 4) is 17.7 Å². The first-order chi connectivity index (χ1) is 14.5. The van der Waals surface area contributed by atoms with Crippen LogP contribution in [0.25, 0.3) is 11.7 Å². The number of carbonyl (C=O) groups is 1. The van der Waals surface area contributed by atoms with Crippen LogP contribution in [0.1, 0.15) is 11.1 Å². The molecule has 0 bridgehead atoms. The van der Waals surface area contributed by atoms with E-state index in [1.165, 1.54) is 34.9 Å². The number of nitriles is 1. The number of hydrogen-bond acceptors (Lipinski definition) is 5. The van der Waals surface area contributed by atoms with Crippen molar-refractivity contribution in [1.82, 2.24) is 14.7 Å². The van der Waals surface area contributed by atoms with Gasteiger partial charge in [0.25, 0.3) is 11.5 Å². The lowest BCUT2D eigenvalue weighted by Crippen LogP contribution is -2.25. The molecule has 0 spiro atoms. The monoisotopic (exact) mass is 404 g/mol. The van der Waals surface area contributed by atoms with Gasteiger partial charge in [-0.05, 0) is 36.8 Å². The smallest absolute Gasteiger partial charge is 0.269 e. The maximum absolute atomic E-state index is 14.1. The van der Waals surface area contributed by atoms with E-state index in [-0.39, 0.29) is 29.3 Å². The van der Waals surface area contributed by atoms with E-state index in [0.29, 0.717) is 11.2 Å². The molecule has 0 radical (unpaired) electrons. The Kier molecular flexibility index (Phi) is 6.03. The first-order valence-corrected chi connectivity index (χ1v) is 8.91. The van der Waals surface area contributed by atoms with Gasteiger partial charge in [0.05, 0.1) is 0 Å². The van der Waals surface area contributed by atoms with E-state index in [1.807, 2.05) is 0 Å².